The fraction of sp³-hybridized carbons (Fsp3) is 0.471. The molecule has 0 saturated carbocycles. The van der Waals surface area contributed by atoms with Crippen molar-refractivity contribution in [1.29, 1.82) is 0 Å². The summed E-state index contributed by atoms with van der Waals surface area (Å²) in [5.74, 6) is 1.73. The Hall–Kier alpha value is -1.77. The van der Waals surface area contributed by atoms with Crippen LogP contribution in [-0.2, 0) is 11.2 Å². The second kappa shape index (κ2) is 6.60. The molecule has 0 radical (unpaired) electrons. The molecule has 20 heavy (non-hydrogen) atoms. The van der Waals surface area contributed by atoms with E-state index in [2.05, 4.69) is 0 Å². The van der Waals surface area contributed by atoms with Crippen molar-refractivity contribution in [1.82, 2.24) is 0 Å². The van der Waals surface area contributed by atoms with Gasteiger partial charge < -0.3 is 9.47 Å². The van der Waals surface area contributed by atoms with Gasteiger partial charge in [0.05, 0.1) is 14.2 Å². The molecule has 0 aromatic heterocycles. The van der Waals surface area contributed by atoms with E-state index in [9.17, 15) is 4.79 Å². The Morgan fingerprint density at radius 2 is 1.90 bits per heavy atom. The summed E-state index contributed by atoms with van der Waals surface area (Å²) in [6, 6.07) is 5.90. The molecule has 3 nitrogen and oxygen atoms in total. The van der Waals surface area contributed by atoms with Crippen molar-refractivity contribution >= 4 is 5.78 Å². The van der Waals surface area contributed by atoms with Gasteiger partial charge in [-0.15, -0.1) is 0 Å². The SMILES string of the molecule is COc1cccc(CC2=C(C(C)=O)CCCC2)c1OC. The van der Waals surface area contributed by atoms with Crippen molar-refractivity contribution in [3.63, 3.8) is 0 Å². The van der Waals surface area contributed by atoms with E-state index in [-0.39, 0.29) is 5.78 Å². The van der Waals surface area contributed by atoms with E-state index in [4.69, 9.17) is 9.47 Å². The van der Waals surface area contributed by atoms with Crippen LogP contribution < -0.4 is 9.47 Å². The fourth-order valence-electron chi connectivity index (χ4n) is 2.91. The molecule has 0 atom stereocenters. The molecule has 108 valence electrons. The Kier molecular flexibility index (Phi) is 4.83. The molecule has 0 heterocycles. The molecule has 0 amide bonds. The predicted octanol–water partition coefficient (Wildman–Crippen LogP) is 3.71. The van der Waals surface area contributed by atoms with Crippen LogP contribution in [0.25, 0.3) is 0 Å². The van der Waals surface area contributed by atoms with Gasteiger partial charge in [0.2, 0.25) is 0 Å². The summed E-state index contributed by atoms with van der Waals surface area (Å²) in [4.78, 5) is 11.8. The molecule has 0 fully saturated rings. The third-order valence-electron chi connectivity index (χ3n) is 3.90. The Labute approximate surface area is 120 Å². The molecule has 0 aliphatic heterocycles. The van der Waals surface area contributed by atoms with Gasteiger partial charge in [0.25, 0.3) is 0 Å². The number of ketones is 1. The van der Waals surface area contributed by atoms with E-state index in [0.717, 1.165) is 48.3 Å². The molecule has 1 aliphatic carbocycles. The smallest absolute Gasteiger partial charge is 0.164 e. The fourth-order valence-corrected chi connectivity index (χ4v) is 2.91. The Balaban J connectivity index is 2.36. The molecule has 1 aromatic rings. The van der Waals surface area contributed by atoms with Gasteiger partial charge >= 0.3 is 0 Å². The number of carbonyl (C=O) groups excluding carboxylic acids is 1. The summed E-state index contributed by atoms with van der Waals surface area (Å²) >= 11 is 0. The molecule has 1 aromatic carbocycles. The van der Waals surface area contributed by atoms with Crippen molar-refractivity contribution < 1.29 is 14.3 Å². The number of Topliss-reactive ketones (excluding diaryl/α,β-unsaturated/α-hetero) is 1. The molecular formula is C17H22O3. The highest BCUT2D eigenvalue weighted by atomic mass is 16.5. The van der Waals surface area contributed by atoms with Gasteiger partial charge in [0.1, 0.15) is 0 Å². The minimum absolute atomic E-state index is 0.210. The zero-order valence-corrected chi connectivity index (χ0v) is 12.5. The third-order valence-corrected chi connectivity index (χ3v) is 3.90. The summed E-state index contributed by atoms with van der Waals surface area (Å²) in [6.07, 6.45) is 4.98. The molecule has 0 saturated heterocycles. The molecule has 0 unspecified atom stereocenters. The average Bonchev–Trinajstić information content (AvgIpc) is 2.47. The zero-order chi connectivity index (χ0) is 14.5. The van der Waals surface area contributed by atoms with Crippen molar-refractivity contribution in [2.45, 2.75) is 39.0 Å². The van der Waals surface area contributed by atoms with Gasteiger partial charge in [0, 0.05) is 5.56 Å². The van der Waals surface area contributed by atoms with Crippen LogP contribution in [0.2, 0.25) is 0 Å². The minimum atomic E-state index is 0.210. The normalized spacial score (nSPS) is 15.2. The Morgan fingerprint density at radius 1 is 1.15 bits per heavy atom. The van der Waals surface area contributed by atoms with Crippen molar-refractivity contribution in [2.24, 2.45) is 0 Å². The second-order valence-corrected chi connectivity index (χ2v) is 5.17. The number of hydrogen-bond donors (Lipinski definition) is 0. The van der Waals surface area contributed by atoms with E-state index in [1.165, 1.54) is 12.0 Å². The average molecular weight is 274 g/mol. The highest BCUT2D eigenvalue weighted by molar-refractivity contribution is 5.94. The zero-order valence-electron chi connectivity index (χ0n) is 12.5. The maximum atomic E-state index is 11.8. The quantitative estimate of drug-likeness (QED) is 0.821. The van der Waals surface area contributed by atoms with Crippen LogP contribution in [0.1, 0.15) is 38.2 Å². The van der Waals surface area contributed by atoms with Crippen LogP contribution in [0, 0.1) is 0 Å². The lowest BCUT2D eigenvalue weighted by Gasteiger charge is -2.20. The van der Waals surface area contributed by atoms with E-state index in [1.807, 2.05) is 18.2 Å². The lowest BCUT2D eigenvalue weighted by atomic mass is 9.86. The number of hydrogen-bond acceptors (Lipinski definition) is 3. The van der Waals surface area contributed by atoms with Gasteiger partial charge in [-0.1, -0.05) is 17.7 Å². The molecular weight excluding hydrogens is 252 g/mol. The van der Waals surface area contributed by atoms with Crippen LogP contribution in [0.3, 0.4) is 0 Å². The van der Waals surface area contributed by atoms with Gasteiger partial charge in [0.15, 0.2) is 17.3 Å². The van der Waals surface area contributed by atoms with Crippen LogP contribution in [-0.4, -0.2) is 20.0 Å². The Bertz CT molecular complexity index is 529. The number of ether oxygens (including phenoxy) is 2. The van der Waals surface area contributed by atoms with Crippen LogP contribution in [0.15, 0.2) is 29.3 Å². The monoisotopic (exact) mass is 274 g/mol. The van der Waals surface area contributed by atoms with Crippen molar-refractivity contribution in [3.05, 3.63) is 34.9 Å². The van der Waals surface area contributed by atoms with Crippen LogP contribution in [0.4, 0.5) is 0 Å². The molecule has 3 heteroatoms. The first kappa shape index (κ1) is 14.6. The topological polar surface area (TPSA) is 35.5 Å². The molecule has 1 aliphatic rings. The maximum Gasteiger partial charge on any atom is 0.164 e. The Morgan fingerprint density at radius 3 is 2.55 bits per heavy atom. The third kappa shape index (κ3) is 3.03. The van der Waals surface area contributed by atoms with Gasteiger partial charge in [-0.05, 0) is 50.7 Å². The number of allylic oxidation sites excluding steroid dienone is 2. The predicted molar refractivity (Wildman–Crippen MR) is 79.4 cm³/mol. The molecule has 0 N–H and O–H groups in total. The summed E-state index contributed by atoms with van der Waals surface area (Å²) in [6.45, 7) is 1.67. The summed E-state index contributed by atoms with van der Waals surface area (Å²) in [7, 11) is 3.30. The number of methoxy groups -OCH3 is 2. The first-order chi connectivity index (χ1) is 9.67. The van der Waals surface area contributed by atoms with E-state index >= 15 is 0 Å². The first-order valence-electron chi connectivity index (χ1n) is 7.09. The summed E-state index contributed by atoms with van der Waals surface area (Å²) in [5, 5.41) is 0. The maximum absolute atomic E-state index is 11.8. The highest BCUT2D eigenvalue weighted by Gasteiger charge is 2.18. The second-order valence-electron chi connectivity index (χ2n) is 5.17. The molecule has 0 bridgehead atoms. The van der Waals surface area contributed by atoms with Crippen LogP contribution >= 0.6 is 0 Å². The number of para-hydroxylation sites is 1. The van der Waals surface area contributed by atoms with Gasteiger partial charge in [-0.2, -0.15) is 0 Å². The molecule has 2 rings (SSSR count). The molecule has 0 spiro atoms. The van der Waals surface area contributed by atoms with E-state index in [0.29, 0.717) is 0 Å². The standard InChI is InChI=1S/C17H22O3/c1-12(18)15-9-5-4-7-13(15)11-14-8-6-10-16(19-2)17(14)20-3/h6,8,10H,4-5,7,9,11H2,1-3H3. The summed E-state index contributed by atoms with van der Waals surface area (Å²) in [5.41, 5.74) is 3.36. The minimum Gasteiger partial charge on any atom is -0.493 e. The van der Waals surface area contributed by atoms with Crippen molar-refractivity contribution in [2.75, 3.05) is 14.2 Å². The first-order valence-corrected chi connectivity index (χ1v) is 7.09. The lowest BCUT2D eigenvalue weighted by Crippen LogP contribution is -2.09. The summed E-state index contributed by atoms with van der Waals surface area (Å²) < 4.78 is 10.8. The van der Waals surface area contributed by atoms with E-state index < -0.39 is 0 Å². The lowest BCUT2D eigenvalue weighted by molar-refractivity contribution is -0.113. The van der Waals surface area contributed by atoms with Gasteiger partial charge in [-0.25, -0.2) is 0 Å². The largest absolute Gasteiger partial charge is 0.493 e. The van der Waals surface area contributed by atoms with Crippen LogP contribution in [0.5, 0.6) is 11.5 Å². The number of rotatable bonds is 5. The number of benzene rings is 1. The highest BCUT2D eigenvalue weighted by Crippen LogP contribution is 2.35. The van der Waals surface area contributed by atoms with Gasteiger partial charge in [-0.3, -0.25) is 4.79 Å². The number of carbonyl (C=O) groups is 1. The van der Waals surface area contributed by atoms with E-state index in [1.54, 1.807) is 21.1 Å². The van der Waals surface area contributed by atoms with Crippen molar-refractivity contribution in [3.8, 4) is 11.5 Å².